The van der Waals surface area contributed by atoms with Gasteiger partial charge in [-0.1, -0.05) is 35.0 Å². The van der Waals surface area contributed by atoms with E-state index in [0.29, 0.717) is 11.3 Å². The minimum absolute atomic E-state index is 0.538. The molecule has 3 atom stereocenters. The molecule has 0 saturated carbocycles. The van der Waals surface area contributed by atoms with Crippen LogP contribution in [0.2, 0.25) is 0 Å². The molecule has 98 valence electrons. The van der Waals surface area contributed by atoms with Crippen LogP contribution >= 0.6 is 27.7 Å². The number of thioether (sulfide) groups is 1. The van der Waals surface area contributed by atoms with E-state index in [-0.39, 0.29) is 0 Å². The van der Waals surface area contributed by atoms with Crippen molar-refractivity contribution in [1.29, 1.82) is 0 Å². The van der Waals surface area contributed by atoms with Gasteiger partial charge < -0.3 is 5.32 Å². The van der Waals surface area contributed by atoms with Crippen LogP contribution in [0.1, 0.15) is 31.2 Å². The molecule has 1 aromatic carbocycles. The van der Waals surface area contributed by atoms with E-state index in [1.54, 1.807) is 0 Å². The molecular formula is C15H20BrNS. The first-order valence-corrected chi connectivity index (χ1v) is 8.62. The van der Waals surface area contributed by atoms with Gasteiger partial charge >= 0.3 is 0 Å². The fourth-order valence-corrected chi connectivity index (χ4v) is 5.53. The summed E-state index contributed by atoms with van der Waals surface area (Å²) in [6, 6.07) is 8.91. The van der Waals surface area contributed by atoms with Gasteiger partial charge in [-0.25, -0.2) is 0 Å². The Morgan fingerprint density at radius 3 is 3.06 bits per heavy atom. The summed E-state index contributed by atoms with van der Waals surface area (Å²) in [6.07, 6.45) is 2.72. The predicted molar refractivity (Wildman–Crippen MR) is 83.3 cm³/mol. The lowest BCUT2D eigenvalue weighted by Crippen LogP contribution is -2.44. The highest BCUT2D eigenvalue weighted by atomic mass is 79.9. The molecule has 1 nitrogen and oxygen atoms in total. The van der Waals surface area contributed by atoms with Crippen molar-refractivity contribution in [3.8, 4) is 0 Å². The summed E-state index contributed by atoms with van der Waals surface area (Å²) >= 11 is 5.78. The molecule has 0 aromatic heterocycles. The molecule has 1 aromatic rings. The van der Waals surface area contributed by atoms with Gasteiger partial charge in [-0.15, -0.1) is 0 Å². The number of hydrogen-bond donors (Lipinski definition) is 1. The lowest BCUT2D eigenvalue weighted by Gasteiger charge is -2.42. The summed E-state index contributed by atoms with van der Waals surface area (Å²) in [4.78, 5) is 0. The van der Waals surface area contributed by atoms with E-state index in [4.69, 9.17) is 0 Å². The highest BCUT2D eigenvalue weighted by Gasteiger charge is 2.46. The zero-order valence-corrected chi connectivity index (χ0v) is 13.2. The smallest absolute Gasteiger partial charge is 0.0178 e. The topological polar surface area (TPSA) is 12.0 Å². The SMILES string of the molecule is CC1CC2(CCNCC2c2cccc(Br)c2)CS1. The summed E-state index contributed by atoms with van der Waals surface area (Å²) in [5.74, 6) is 2.02. The van der Waals surface area contributed by atoms with Gasteiger partial charge in [-0.3, -0.25) is 0 Å². The lowest BCUT2D eigenvalue weighted by atomic mass is 9.67. The Morgan fingerprint density at radius 2 is 2.33 bits per heavy atom. The fraction of sp³-hybridized carbons (Fsp3) is 0.600. The maximum absolute atomic E-state index is 3.61. The number of rotatable bonds is 1. The summed E-state index contributed by atoms with van der Waals surface area (Å²) in [5, 5.41) is 4.43. The lowest BCUT2D eigenvalue weighted by molar-refractivity contribution is 0.189. The first kappa shape index (κ1) is 13.0. The zero-order chi connectivity index (χ0) is 12.6. The third-order valence-corrected chi connectivity index (χ3v) is 6.46. The van der Waals surface area contributed by atoms with Crippen LogP contribution < -0.4 is 5.32 Å². The van der Waals surface area contributed by atoms with Crippen molar-refractivity contribution in [2.75, 3.05) is 18.8 Å². The molecule has 2 heterocycles. The van der Waals surface area contributed by atoms with E-state index in [0.717, 1.165) is 11.8 Å². The molecule has 0 bridgehead atoms. The first-order valence-electron chi connectivity index (χ1n) is 6.77. The Bertz CT molecular complexity index is 432. The summed E-state index contributed by atoms with van der Waals surface area (Å²) in [5.41, 5.74) is 2.04. The van der Waals surface area contributed by atoms with Crippen molar-refractivity contribution in [3.05, 3.63) is 34.3 Å². The normalized spacial score (nSPS) is 36.1. The molecule has 0 amide bonds. The van der Waals surface area contributed by atoms with Crippen LogP contribution in [0.25, 0.3) is 0 Å². The summed E-state index contributed by atoms with van der Waals surface area (Å²) < 4.78 is 1.21. The van der Waals surface area contributed by atoms with Gasteiger partial charge in [0.15, 0.2) is 0 Å². The molecule has 0 aliphatic carbocycles. The monoisotopic (exact) mass is 325 g/mol. The molecule has 1 N–H and O–H groups in total. The van der Waals surface area contributed by atoms with Crippen molar-refractivity contribution in [2.24, 2.45) is 5.41 Å². The fourth-order valence-electron chi connectivity index (χ4n) is 3.58. The van der Waals surface area contributed by atoms with Gasteiger partial charge in [0.05, 0.1) is 0 Å². The summed E-state index contributed by atoms with van der Waals surface area (Å²) in [6.45, 7) is 4.72. The largest absolute Gasteiger partial charge is 0.316 e. The van der Waals surface area contributed by atoms with Crippen molar-refractivity contribution >= 4 is 27.7 Å². The highest BCUT2D eigenvalue weighted by Crippen LogP contribution is 2.53. The molecule has 3 heteroatoms. The van der Waals surface area contributed by atoms with Crippen molar-refractivity contribution in [3.63, 3.8) is 0 Å². The Morgan fingerprint density at radius 1 is 1.44 bits per heavy atom. The summed E-state index contributed by atoms with van der Waals surface area (Å²) in [7, 11) is 0. The van der Waals surface area contributed by atoms with Crippen LogP contribution in [0.4, 0.5) is 0 Å². The molecule has 2 fully saturated rings. The second kappa shape index (κ2) is 5.18. The van der Waals surface area contributed by atoms with Gasteiger partial charge in [0.1, 0.15) is 0 Å². The molecular weight excluding hydrogens is 306 g/mol. The standard InChI is InChI=1S/C15H20BrNS/c1-11-8-15(10-18-11)5-6-17-9-14(15)12-3-2-4-13(16)7-12/h2-4,7,11,14,17H,5-6,8-10H2,1H3. The molecule has 0 radical (unpaired) electrons. The van der Waals surface area contributed by atoms with Gasteiger partial charge in [-0.05, 0) is 48.3 Å². The third-order valence-electron chi connectivity index (χ3n) is 4.49. The molecule has 3 rings (SSSR count). The number of nitrogens with one attached hydrogen (secondary N) is 1. The predicted octanol–water partition coefficient (Wildman–Crippen LogP) is 4.04. The number of hydrogen-bond acceptors (Lipinski definition) is 2. The minimum atomic E-state index is 0.538. The Kier molecular flexibility index (Phi) is 3.75. The van der Waals surface area contributed by atoms with Crippen LogP contribution in [0.15, 0.2) is 28.7 Å². The van der Waals surface area contributed by atoms with Crippen molar-refractivity contribution < 1.29 is 0 Å². The molecule has 2 aliphatic heterocycles. The number of benzene rings is 1. The highest BCUT2D eigenvalue weighted by molar-refractivity contribution is 9.10. The van der Waals surface area contributed by atoms with Crippen molar-refractivity contribution in [1.82, 2.24) is 5.32 Å². The average Bonchev–Trinajstić information content (AvgIpc) is 2.72. The third kappa shape index (κ3) is 2.37. The van der Waals surface area contributed by atoms with Gasteiger partial charge in [-0.2, -0.15) is 11.8 Å². The van der Waals surface area contributed by atoms with E-state index < -0.39 is 0 Å². The molecule has 2 saturated heterocycles. The Hall–Kier alpha value is 0.01000. The Labute approximate surface area is 122 Å². The second-order valence-electron chi connectivity index (χ2n) is 5.75. The maximum Gasteiger partial charge on any atom is 0.0178 e. The van der Waals surface area contributed by atoms with Crippen LogP contribution in [-0.4, -0.2) is 24.1 Å². The van der Waals surface area contributed by atoms with E-state index in [1.807, 2.05) is 0 Å². The van der Waals surface area contributed by atoms with Crippen LogP contribution in [0.5, 0.6) is 0 Å². The Balaban J connectivity index is 1.93. The van der Waals surface area contributed by atoms with Gasteiger partial charge in [0, 0.05) is 22.2 Å². The minimum Gasteiger partial charge on any atom is -0.316 e. The van der Waals surface area contributed by atoms with Crippen LogP contribution in [0, 0.1) is 5.41 Å². The van der Waals surface area contributed by atoms with E-state index in [2.05, 4.69) is 64.2 Å². The molecule has 2 aliphatic rings. The van der Waals surface area contributed by atoms with Gasteiger partial charge in [0.25, 0.3) is 0 Å². The molecule has 18 heavy (non-hydrogen) atoms. The quantitative estimate of drug-likeness (QED) is 0.836. The van der Waals surface area contributed by atoms with Crippen LogP contribution in [0.3, 0.4) is 0 Å². The first-order chi connectivity index (χ1) is 8.70. The van der Waals surface area contributed by atoms with Crippen molar-refractivity contribution in [2.45, 2.75) is 30.9 Å². The molecule has 3 unspecified atom stereocenters. The van der Waals surface area contributed by atoms with E-state index in [9.17, 15) is 0 Å². The van der Waals surface area contributed by atoms with Crippen LogP contribution in [-0.2, 0) is 0 Å². The second-order valence-corrected chi connectivity index (χ2v) is 8.09. The zero-order valence-electron chi connectivity index (χ0n) is 10.8. The van der Waals surface area contributed by atoms with E-state index >= 15 is 0 Å². The average molecular weight is 326 g/mol. The van der Waals surface area contributed by atoms with E-state index in [1.165, 1.54) is 35.2 Å². The number of piperidine rings is 1. The maximum atomic E-state index is 3.61. The molecule has 1 spiro atoms. The van der Waals surface area contributed by atoms with Gasteiger partial charge in [0.2, 0.25) is 0 Å². The number of halogens is 1.